The van der Waals surface area contributed by atoms with Crippen molar-refractivity contribution in [2.75, 3.05) is 33.5 Å². The van der Waals surface area contributed by atoms with Crippen LogP contribution in [-0.4, -0.2) is 39.6 Å². The molecular weight excluding hydrogens is 240 g/mol. The van der Waals surface area contributed by atoms with E-state index in [1.165, 1.54) is 18.4 Å². The highest BCUT2D eigenvalue weighted by molar-refractivity contribution is 5.02. The van der Waals surface area contributed by atoms with Gasteiger partial charge in [0.2, 0.25) is 0 Å². The van der Waals surface area contributed by atoms with E-state index in [2.05, 4.69) is 20.4 Å². The van der Waals surface area contributed by atoms with E-state index >= 15 is 0 Å². The molecule has 3 atom stereocenters. The van der Waals surface area contributed by atoms with Crippen LogP contribution in [0.2, 0.25) is 0 Å². The van der Waals surface area contributed by atoms with Gasteiger partial charge >= 0.3 is 0 Å². The third-order valence-corrected chi connectivity index (χ3v) is 3.88. The zero-order chi connectivity index (χ0) is 14.1. The minimum absolute atomic E-state index is 0.337. The van der Waals surface area contributed by atoms with E-state index in [9.17, 15) is 0 Å². The van der Waals surface area contributed by atoms with E-state index in [-0.39, 0.29) is 0 Å². The summed E-state index contributed by atoms with van der Waals surface area (Å²) in [4.78, 5) is 0. The van der Waals surface area contributed by atoms with Gasteiger partial charge in [0, 0.05) is 26.2 Å². The second-order valence-electron chi connectivity index (χ2n) is 5.74. The maximum atomic E-state index is 6.02. The summed E-state index contributed by atoms with van der Waals surface area (Å²) in [6, 6.07) is 0. The van der Waals surface area contributed by atoms with Crippen molar-refractivity contribution in [1.29, 1.82) is 0 Å². The fraction of sp³-hybridized carbons (Fsp3) is 0.875. The van der Waals surface area contributed by atoms with Gasteiger partial charge in [0.25, 0.3) is 0 Å². The Morgan fingerprint density at radius 2 is 1.95 bits per heavy atom. The molecule has 0 spiro atoms. The molecule has 0 aromatic carbocycles. The predicted molar refractivity (Wildman–Crippen MR) is 78.4 cm³/mol. The topological polar surface area (TPSA) is 27.7 Å². The van der Waals surface area contributed by atoms with Crippen LogP contribution in [0.15, 0.2) is 12.2 Å². The van der Waals surface area contributed by atoms with Gasteiger partial charge in [0.05, 0.1) is 19.3 Å². The Hall–Kier alpha value is -0.380. The molecular formula is C16H30O3. The minimum Gasteiger partial charge on any atom is -0.385 e. The molecule has 0 bridgehead atoms. The molecule has 1 aliphatic carbocycles. The SMILES string of the molecule is C=C(C)C1CCC(C)CC1OCCOCCCOC. The first kappa shape index (κ1) is 16.7. The predicted octanol–water partition coefficient (Wildman–Crippen LogP) is 3.44. The van der Waals surface area contributed by atoms with Gasteiger partial charge in [-0.05, 0) is 38.5 Å². The normalized spacial score (nSPS) is 27.4. The van der Waals surface area contributed by atoms with Gasteiger partial charge in [-0.3, -0.25) is 0 Å². The largest absolute Gasteiger partial charge is 0.385 e. The van der Waals surface area contributed by atoms with Crippen molar-refractivity contribution in [2.45, 2.75) is 45.6 Å². The van der Waals surface area contributed by atoms with Gasteiger partial charge in [-0.25, -0.2) is 0 Å². The van der Waals surface area contributed by atoms with Gasteiger partial charge in [-0.2, -0.15) is 0 Å². The van der Waals surface area contributed by atoms with E-state index in [0.29, 0.717) is 25.2 Å². The smallest absolute Gasteiger partial charge is 0.0704 e. The molecule has 0 N–H and O–H groups in total. The third-order valence-electron chi connectivity index (χ3n) is 3.88. The second-order valence-corrected chi connectivity index (χ2v) is 5.74. The lowest BCUT2D eigenvalue weighted by Crippen LogP contribution is -2.32. The highest BCUT2D eigenvalue weighted by Gasteiger charge is 2.29. The van der Waals surface area contributed by atoms with Crippen molar-refractivity contribution < 1.29 is 14.2 Å². The molecule has 0 aromatic heterocycles. The first-order valence-electron chi connectivity index (χ1n) is 7.48. The Morgan fingerprint density at radius 1 is 1.16 bits per heavy atom. The van der Waals surface area contributed by atoms with Crippen LogP contribution in [0.4, 0.5) is 0 Å². The monoisotopic (exact) mass is 270 g/mol. The maximum Gasteiger partial charge on any atom is 0.0704 e. The molecule has 0 aliphatic heterocycles. The van der Waals surface area contributed by atoms with Crippen molar-refractivity contribution in [2.24, 2.45) is 11.8 Å². The maximum absolute atomic E-state index is 6.02. The summed E-state index contributed by atoms with van der Waals surface area (Å²) >= 11 is 0. The van der Waals surface area contributed by atoms with Crippen molar-refractivity contribution in [3.8, 4) is 0 Å². The summed E-state index contributed by atoms with van der Waals surface area (Å²) in [5.74, 6) is 1.30. The van der Waals surface area contributed by atoms with E-state index in [1.807, 2.05) is 0 Å². The summed E-state index contributed by atoms with van der Waals surface area (Å²) in [6.07, 6.45) is 4.96. The van der Waals surface area contributed by atoms with Crippen LogP contribution in [0.1, 0.15) is 39.5 Å². The van der Waals surface area contributed by atoms with Crippen molar-refractivity contribution in [1.82, 2.24) is 0 Å². The fourth-order valence-electron chi connectivity index (χ4n) is 2.74. The van der Waals surface area contributed by atoms with Gasteiger partial charge < -0.3 is 14.2 Å². The highest BCUT2D eigenvalue weighted by atomic mass is 16.5. The van der Waals surface area contributed by atoms with Crippen molar-refractivity contribution in [3.05, 3.63) is 12.2 Å². The molecule has 112 valence electrons. The molecule has 3 heteroatoms. The summed E-state index contributed by atoms with van der Waals surface area (Å²) in [5, 5.41) is 0. The Kier molecular flexibility index (Phi) is 8.35. The van der Waals surface area contributed by atoms with Crippen LogP contribution in [-0.2, 0) is 14.2 Å². The molecule has 1 rings (SSSR count). The van der Waals surface area contributed by atoms with E-state index < -0.39 is 0 Å². The zero-order valence-corrected chi connectivity index (χ0v) is 12.8. The minimum atomic E-state index is 0.337. The fourth-order valence-corrected chi connectivity index (χ4v) is 2.74. The molecule has 0 heterocycles. The van der Waals surface area contributed by atoms with Crippen LogP contribution < -0.4 is 0 Å². The summed E-state index contributed by atoms with van der Waals surface area (Å²) < 4.78 is 16.5. The van der Waals surface area contributed by atoms with Crippen LogP contribution >= 0.6 is 0 Å². The molecule has 1 saturated carbocycles. The first-order chi connectivity index (χ1) is 9.15. The molecule has 0 amide bonds. The molecule has 19 heavy (non-hydrogen) atoms. The average Bonchev–Trinajstić information content (AvgIpc) is 2.37. The molecule has 3 nitrogen and oxygen atoms in total. The summed E-state index contributed by atoms with van der Waals surface area (Å²) in [5.41, 5.74) is 1.26. The lowest BCUT2D eigenvalue weighted by atomic mass is 9.78. The van der Waals surface area contributed by atoms with Gasteiger partial charge in [0.15, 0.2) is 0 Å². The molecule has 0 saturated heterocycles. The molecule has 1 aliphatic rings. The number of rotatable bonds is 9. The highest BCUT2D eigenvalue weighted by Crippen LogP contribution is 2.34. The lowest BCUT2D eigenvalue weighted by Gasteiger charge is -2.35. The number of hydrogen-bond acceptors (Lipinski definition) is 3. The molecule has 3 unspecified atom stereocenters. The average molecular weight is 270 g/mol. The second kappa shape index (κ2) is 9.51. The standard InChI is InChI=1S/C16H30O3/c1-13(2)15-7-6-14(3)12-16(15)19-11-10-18-9-5-8-17-4/h14-16H,1,5-12H2,2-4H3. The van der Waals surface area contributed by atoms with Gasteiger partial charge in [-0.1, -0.05) is 19.1 Å². The molecule has 0 radical (unpaired) electrons. The third kappa shape index (κ3) is 6.55. The Bertz CT molecular complexity index is 252. The Labute approximate surface area is 118 Å². The van der Waals surface area contributed by atoms with Crippen molar-refractivity contribution in [3.63, 3.8) is 0 Å². The zero-order valence-electron chi connectivity index (χ0n) is 12.8. The summed E-state index contributed by atoms with van der Waals surface area (Å²) in [7, 11) is 1.71. The lowest BCUT2D eigenvalue weighted by molar-refractivity contribution is -0.0397. The molecule has 0 aromatic rings. The Morgan fingerprint density at radius 3 is 2.63 bits per heavy atom. The number of methoxy groups -OCH3 is 1. The van der Waals surface area contributed by atoms with E-state index in [4.69, 9.17) is 14.2 Å². The van der Waals surface area contributed by atoms with E-state index in [1.54, 1.807) is 7.11 Å². The van der Waals surface area contributed by atoms with Crippen LogP contribution in [0.3, 0.4) is 0 Å². The van der Waals surface area contributed by atoms with Gasteiger partial charge in [0.1, 0.15) is 0 Å². The quantitative estimate of drug-likeness (QED) is 0.474. The van der Waals surface area contributed by atoms with Crippen LogP contribution in [0.25, 0.3) is 0 Å². The summed E-state index contributed by atoms with van der Waals surface area (Å²) in [6.45, 7) is 11.4. The molecule has 1 fully saturated rings. The van der Waals surface area contributed by atoms with Gasteiger partial charge in [-0.15, -0.1) is 0 Å². The van der Waals surface area contributed by atoms with Crippen LogP contribution in [0, 0.1) is 11.8 Å². The van der Waals surface area contributed by atoms with Crippen LogP contribution in [0.5, 0.6) is 0 Å². The van der Waals surface area contributed by atoms with Crippen molar-refractivity contribution >= 4 is 0 Å². The number of ether oxygens (including phenoxy) is 3. The number of hydrogen-bond donors (Lipinski definition) is 0. The van der Waals surface area contributed by atoms with E-state index in [0.717, 1.165) is 32.0 Å². The Balaban J connectivity index is 2.16. The first-order valence-corrected chi connectivity index (χ1v) is 7.48.